The van der Waals surface area contributed by atoms with Crippen LogP contribution in [0.5, 0.6) is 0 Å². The van der Waals surface area contributed by atoms with Crippen LogP contribution < -0.4 is 5.73 Å². The zero-order valence-corrected chi connectivity index (χ0v) is 12.3. The number of nitrogens with zero attached hydrogens (tertiary/aromatic N) is 1. The molecule has 0 aromatic rings. The van der Waals surface area contributed by atoms with Crippen molar-refractivity contribution in [2.75, 3.05) is 26.3 Å². The Morgan fingerprint density at radius 3 is 2.79 bits per heavy atom. The molecule has 1 spiro atoms. The molecule has 0 aromatic carbocycles. The lowest BCUT2D eigenvalue weighted by molar-refractivity contribution is -0.115. The summed E-state index contributed by atoms with van der Waals surface area (Å²) in [5.74, 6) is 0. The van der Waals surface area contributed by atoms with Crippen LogP contribution in [0.2, 0.25) is 0 Å². The molecule has 19 heavy (non-hydrogen) atoms. The van der Waals surface area contributed by atoms with E-state index in [9.17, 15) is 0 Å². The van der Waals surface area contributed by atoms with Crippen LogP contribution in [0.1, 0.15) is 38.5 Å². The third kappa shape index (κ3) is 2.94. The molecule has 2 heterocycles. The molecule has 0 bridgehead atoms. The van der Waals surface area contributed by atoms with Gasteiger partial charge in [0.2, 0.25) is 0 Å². The highest BCUT2D eigenvalue weighted by Crippen LogP contribution is 2.41. The summed E-state index contributed by atoms with van der Waals surface area (Å²) >= 11 is 5.07. The van der Waals surface area contributed by atoms with Gasteiger partial charge in [-0.15, -0.1) is 0 Å². The third-order valence-electron chi connectivity index (χ3n) is 4.91. The van der Waals surface area contributed by atoms with Gasteiger partial charge in [0, 0.05) is 25.7 Å². The fourth-order valence-electron chi connectivity index (χ4n) is 3.85. The normalized spacial score (nSPS) is 35.6. The molecule has 2 N–H and O–H groups in total. The summed E-state index contributed by atoms with van der Waals surface area (Å²) in [5.41, 5.74) is 5.91. The van der Waals surface area contributed by atoms with Gasteiger partial charge in [0.25, 0.3) is 0 Å². The molecule has 2 atom stereocenters. The molecule has 0 aromatic heterocycles. The van der Waals surface area contributed by atoms with Crippen LogP contribution in [-0.2, 0) is 9.47 Å². The van der Waals surface area contributed by atoms with Gasteiger partial charge in [0.15, 0.2) is 0 Å². The van der Waals surface area contributed by atoms with E-state index in [0.717, 1.165) is 32.7 Å². The zero-order chi connectivity index (χ0) is 13.3. The first-order chi connectivity index (χ1) is 9.19. The van der Waals surface area contributed by atoms with Gasteiger partial charge in [-0.25, -0.2) is 0 Å². The molecule has 0 amide bonds. The van der Waals surface area contributed by atoms with Crippen molar-refractivity contribution in [3.8, 4) is 0 Å². The predicted octanol–water partition coefficient (Wildman–Crippen LogP) is 1.47. The molecular weight excluding hydrogens is 260 g/mol. The van der Waals surface area contributed by atoms with Crippen LogP contribution in [-0.4, -0.2) is 53.9 Å². The smallest absolute Gasteiger partial charge is 0.120 e. The standard InChI is InChI=1S/C14H24N2O2S/c15-13(19)12-10-16(6-8-17-12)11-3-7-18-14(9-11)4-1-2-5-14/h11-12H,1-10H2,(H2,15,19). The number of hydrogen-bond acceptors (Lipinski definition) is 4. The first-order valence-corrected chi connectivity index (χ1v) is 7.88. The molecule has 2 unspecified atom stereocenters. The SMILES string of the molecule is NC(=S)C1CN(C2CCOC3(CCCC3)C2)CCO1. The third-order valence-corrected chi connectivity index (χ3v) is 5.18. The highest BCUT2D eigenvalue weighted by molar-refractivity contribution is 7.80. The van der Waals surface area contributed by atoms with Crippen molar-refractivity contribution < 1.29 is 9.47 Å². The lowest BCUT2D eigenvalue weighted by Gasteiger charge is -2.45. The molecule has 4 nitrogen and oxygen atoms in total. The minimum Gasteiger partial charge on any atom is -0.391 e. The molecule has 108 valence electrons. The van der Waals surface area contributed by atoms with Gasteiger partial charge >= 0.3 is 0 Å². The lowest BCUT2D eigenvalue weighted by Crippen LogP contribution is -2.55. The second-order valence-corrected chi connectivity index (χ2v) is 6.61. The molecule has 3 rings (SSSR count). The molecule has 3 aliphatic rings. The first kappa shape index (κ1) is 13.7. The van der Waals surface area contributed by atoms with Crippen molar-refractivity contribution in [1.82, 2.24) is 4.90 Å². The molecular formula is C14H24N2O2S. The molecule has 2 saturated heterocycles. The van der Waals surface area contributed by atoms with Gasteiger partial charge in [0.05, 0.1) is 12.2 Å². The Morgan fingerprint density at radius 1 is 1.26 bits per heavy atom. The van der Waals surface area contributed by atoms with Crippen LogP contribution in [0.3, 0.4) is 0 Å². The molecule has 3 fully saturated rings. The average Bonchev–Trinajstić information content (AvgIpc) is 2.87. The fourth-order valence-corrected chi connectivity index (χ4v) is 4.00. The van der Waals surface area contributed by atoms with Crippen molar-refractivity contribution >= 4 is 17.2 Å². The second kappa shape index (κ2) is 5.64. The number of ether oxygens (including phenoxy) is 2. The second-order valence-electron chi connectivity index (χ2n) is 6.14. The summed E-state index contributed by atoms with van der Waals surface area (Å²) in [6.45, 7) is 3.50. The van der Waals surface area contributed by atoms with Gasteiger partial charge < -0.3 is 15.2 Å². The van der Waals surface area contributed by atoms with E-state index in [4.69, 9.17) is 27.4 Å². The monoisotopic (exact) mass is 284 g/mol. The van der Waals surface area contributed by atoms with E-state index in [0.29, 0.717) is 11.0 Å². The minimum atomic E-state index is -0.0638. The highest BCUT2D eigenvalue weighted by Gasteiger charge is 2.42. The Hall–Kier alpha value is -0.230. The van der Waals surface area contributed by atoms with Gasteiger partial charge in [-0.1, -0.05) is 25.1 Å². The van der Waals surface area contributed by atoms with Crippen LogP contribution in [0.4, 0.5) is 0 Å². The molecule has 1 aliphatic carbocycles. The summed E-state index contributed by atoms with van der Waals surface area (Å²) in [4.78, 5) is 3.02. The number of thiocarbonyl (C=S) groups is 1. The van der Waals surface area contributed by atoms with Crippen molar-refractivity contribution in [1.29, 1.82) is 0 Å². The van der Waals surface area contributed by atoms with E-state index >= 15 is 0 Å². The lowest BCUT2D eigenvalue weighted by atomic mass is 9.88. The maximum Gasteiger partial charge on any atom is 0.120 e. The van der Waals surface area contributed by atoms with Crippen LogP contribution in [0, 0.1) is 0 Å². The van der Waals surface area contributed by atoms with Crippen molar-refractivity contribution in [2.24, 2.45) is 5.73 Å². The van der Waals surface area contributed by atoms with Gasteiger partial charge in [0.1, 0.15) is 11.1 Å². The Morgan fingerprint density at radius 2 is 2.05 bits per heavy atom. The van der Waals surface area contributed by atoms with Crippen LogP contribution in [0.25, 0.3) is 0 Å². The summed E-state index contributed by atoms with van der Waals surface area (Å²) in [6.07, 6.45) is 7.38. The Balaban J connectivity index is 1.63. The molecule has 2 aliphatic heterocycles. The first-order valence-electron chi connectivity index (χ1n) is 7.47. The van der Waals surface area contributed by atoms with Gasteiger partial charge in [-0.2, -0.15) is 0 Å². The van der Waals surface area contributed by atoms with E-state index < -0.39 is 0 Å². The van der Waals surface area contributed by atoms with E-state index in [-0.39, 0.29) is 11.7 Å². The van der Waals surface area contributed by atoms with E-state index in [2.05, 4.69) is 4.90 Å². The fraction of sp³-hybridized carbons (Fsp3) is 0.929. The summed E-state index contributed by atoms with van der Waals surface area (Å²) in [6, 6.07) is 0.618. The topological polar surface area (TPSA) is 47.7 Å². The van der Waals surface area contributed by atoms with Gasteiger partial charge in [-0.05, 0) is 25.7 Å². The maximum atomic E-state index is 6.11. The molecule has 1 saturated carbocycles. The van der Waals surface area contributed by atoms with Crippen molar-refractivity contribution in [2.45, 2.75) is 56.3 Å². The largest absolute Gasteiger partial charge is 0.391 e. The van der Waals surface area contributed by atoms with Crippen molar-refractivity contribution in [3.63, 3.8) is 0 Å². The zero-order valence-electron chi connectivity index (χ0n) is 11.5. The highest BCUT2D eigenvalue weighted by atomic mass is 32.1. The maximum absolute atomic E-state index is 6.11. The van der Waals surface area contributed by atoms with E-state index in [1.807, 2.05) is 0 Å². The summed E-state index contributed by atoms with van der Waals surface area (Å²) in [5, 5.41) is 0. The number of morpholine rings is 1. The van der Waals surface area contributed by atoms with E-state index in [1.165, 1.54) is 32.1 Å². The quantitative estimate of drug-likeness (QED) is 0.778. The molecule has 5 heteroatoms. The van der Waals surface area contributed by atoms with Crippen molar-refractivity contribution in [3.05, 3.63) is 0 Å². The Bertz CT molecular complexity index is 344. The number of rotatable bonds is 2. The summed E-state index contributed by atoms with van der Waals surface area (Å²) < 4.78 is 11.8. The summed E-state index contributed by atoms with van der Waals surface area (Å²) in [7, 11) is 0. The number of nitrogens with two attached hydrogens (primary N) is 1. The predicted molar refractivity (Wildman–Crippen MR) is 78.3 cm³/mol. The minimum absolute atomic E-state index is 0.0638. The number of hydrogen-bond donors (Lipinski definition) is 1. The average molecular weight is 284 g/mol. The van der Waals surface area contributed by atoms with Gasteiger partial charge in [-0.3, -0.25) is 4.90 Å². The van der Waals surface area contributed by atoms with Crippen LogP contribution >= 0.6 is 12.2 Å². The Kier molecular flexibility index (Phi) is 4.08. The van der Waals surface area contributed by atoms with Crippen LogP contribution in [0.15, 0.2) is 0 Å². The molecule has 0 radical (unpaired) electrons. The van der Waals surface area contributed by atoms with E-state index in [1.54, 1.807) is 0 Å². The Labute approximate surface area is 120 Å².